The van der Waals surface area contributed by atoms with E-state index in [-0.39, 0.29) is 5.56 Å². The molecule has 0 bridgehead atoms. The molecule has 0 spiro atoms. The summed E-state index contributed by atoms with van der Waals surface area (Å²) >= 11 is 5.51. The monoisotopic (exact) mass is 278 g/mol. The zero-order valence-electron chi connectivity index (χ0n) is 9.44. The summed E-state index contributed by atoms with van der Waals surface area (Å²) in [5.41, 5.74) is -0.0728. The van der Waals surface area contributed by atoms with Crippen LogP contribution in [-0.2, 0) is 11.2 Å². The highest BCUT2D eigenvalue weighted by Gasteiger charge is 2.23. The van der Waals surface area contributed by atoms with Gasteiger partial charge in [0.2, 0.25) is 0 Å². The van der Waals surface area contributed by atoms with Gasteiger partial charge in [-0.2, -0.15) is 0 Å². The van der Waals surface area contributed by atoms with Crippen LogP contribution >= 0.6 is 11.6 Å². The molecule has 0 saturated heterocycles. The third-order valence-electron chi connectivity index (χ3n) is 2.51. The van der Waals surface area contributed by atoms with Gasteiger partial charge in [-0.15, -0.1) is 11.6 Å². The summed E-state index contributed by atoms with van der Waals surface area (Å²) in [5.74, 6) is -1.13. The summed E-state index contributed by atoms with van der Waals surface area (Å²) in [6, 6.07) is 3.97. The van der Waals surface area contributed by atoms with Crippen LogP contribution in [0.15, 0.2) is 18.2 Å². The van der Waals surface area contributed by atoms with Crippen molar-refractivity contribution >= 4 is 17.6 Å². The predicted octanol–water partition coefficient (Wildman–Crippen LogP) is 2.91. The number of hydrogen-bond donors (Lipinski definition) is 2. The number of carboxylic acid groups (broad SMARTS) is 1. The molecule has 0 radical (unpaired) electrons. The van der Waals surface area contributed by atoms with E-state index in [1.165, 1.54) is 18.2 Å². The van der Waals surface area contributed by atoms with Gasteiger partial charge in [-0.25, -0.2) is 13.6 Å². The third-order valence-corrected chi connectivity index (χ3v) is 2.78. The fourth-order valence-corrected chi connectivity index (χ4v) is 1.76. The maximum absolute atomic E-state index is 12.8. The van der Waals surface area contributed by atoms with Crippen LogP contribution in [0.4, 0.5) is 8.78 Å². The fourth-order valence-electron chi connectivity index (χ4n) is 1.62. The number of aliphatic hydroxyl groups excluding tert-OH is 1. The van der Waals surface area contributed by atoms with Crippen LogP contribution in [0.3, 0.4) is 0 Å². The Hall–Kier alpha value is -1.20. The first kappa shape index (κ1) is 14.9. The molecule has 1 aromatic rings. The molecule has 2 N–H and O–H groups in total. The lowest BCUT2D eigenvalue weighted by Gasteiger charge is -2.13. The summed E-state index contributed by atoms with van der Waals surface area (Å²) in [5, 5.41) is 18.0. The van der Waals surface area contributed by atoms with Crippen molar-refractivity contribution in [2.75, 3.05) is 5.88 Å². The van der Waals surface area contributed by atoms with Gasteiger partial charge in [0.25, 0.3) is 6.43 Å². The first-order chi connectivity index (χ1) is 8.47. The smallest absolute Gasteiger partial charge is 0.337 e. The summed E-state index contributed by atoms with van der Waals surface area (Å²) < 4.78 is 25.6. The molecular weight excluding hydrogens is 266 g/mol. The Morgan fingerprint density at radius 1 is 1.33 bits per heavy atom. The Balaban J connectivity index is 3.08. The number of aliphatic hydroxyl groups is 1. The van der Waals surface area contributed by atoms with Gasteiger partial charge in [0.1, 0.15) is 0 Å². The number of benzene rings is 1. The largest absolute Gasteiger partial charge is 0.479 e. The van der Waals surface area contributed by atoms with Gasteiger partial charge >= 0.3 is 5.97 Å². The summed E-state index contributed by atoms with van der Waals surface area (Å²) in [6.45, 7) is 0. The Morgan fingerprint density at radius 3 is 2.50 bits per heavy atom. The van der Waals surface area contributed by atoms with E-state index in [2.05, 4.69) is 0 Å². The van der Waals surface area contributed by atoms with Gasteiger partial charge in [0.15, 0.2) is 6.10 Å². The molecule has 1 unspecified atom stereocenters. The highest BCUT2D eigenvalue weighted by Crippen LogP contribution is 2.29. The van der Waals surface area contributed by atoms with E-state index in [9.17, 15) is 18.7 Å². The van der Waals surface area contributed by atoms with Crippen molar-refractivity contribution in [2.24, 2.45) is 0 Å². The molecule has 1 rings (SSSR count). The fraction of sp³-hybridized carbons (Fsp3) is 0.417. The second-order valence-electron chi connectivity index (χ2n) is 3.80. The Labute approximate surface area is 108 Å². The van der Waals surface area contributed by atoms with Gasteiger partial charge < -0.3 is 10.2 Å². The quantitative estimate of drug-likeness (QED) is 0.787. The molecule has 3 nitrogen and oxygen atoms in total. The predicted molar refractivity (Wildman–Crippen MR) is 63.0 cm³/mol. The SMILES string of the molecule is O=C(O)C(O)c1ccc(CCCCl)cc1C(F)F. The lowest BCUT2D eigenvalue weighted by Crippen LogP contribution is -2.13. The number of carbonyl (C=O) groups is 1. The van der Waals surface area contributed by atoms with E-state index >= 15 is 0 Å². The van der Waals surface area contributed by atoms with Crippen molar-refractivity contribution < 1.29 is 23.8 Å². The van der Waals surface area contributed by atoms with Crippen molar-refractivity contribution in [1.29, 1.82) is 0 Å². The minimum Gasteiger partial charge on any atom is -0.479 e. The molecule has 0 aliphatic heterocycles. The van der Waals surface area contributed by atoms with Gasteiger partial charge in [-0.1, -0.05) is 12.1 Å². The van der Waals surface area contributed by atoms with Crippen LogP contribution in [0.25, 0.3) is 0 Å². The van der Waals surface area contributed by atoms with Crippen molar-refractivity contribution in [1.82, 2.24) is 0 Å². The molecule has 18 heavy (non-hydrogen) atoms. The average molecular weight is 279 g/mol. The number of alkyl halides is 3. The standard InChI is InChI=1S/C12H13ClF2O3/c13-5-1-2-7-3-4-8(10(16)12(17)18)9(6-7)11(14)15/h3-4,6,10-11,16H,1-2,5H2,(H,17,18). The molecule has 0 saturated carbocycles. The first-order valence-corrected chi connectivity index (χ1v) is 5.88. The molecule has 0 aromatic heterocycles. The lowest BCUT2D eigenvalue weighted by molar-refractivity contribution is -0.147. The summed E-state index contributed by atoms with van der Waals surface area (Å²) in [6.07, 6.45) is -3.58. The number of aliphatic carboxylic acids is 1. The van der Waals surface area contributed by atoms with Gasteiger partial charge in [-0.05, 0) is 24.5 Å². The molecule has 0 fully saturated rings. The van der Waals surface area contributed by atoms with Gasteiger partial charge in [0.05, 0.1) is 0 Å². The second-order valence-corrected chi connectivity index (χ2v) is 4.18. The van der Waals surface area contributed by atoms with Crippen LogP contribution in [0, 0.1) is 0 Å². The Bertz CT molecular complexity index is 424. The molecule has 1 aromatic carbocycles. The third kappa shape index (κ3) is 3.65. The molecule has 0 amide bonds. The molecule has 100 valence electrons. The zero-order chi connectivity index (χ0) is 13.7. The van der Waals surface area contributed by atoms with Crippen LogP contribution in [0.2, 0.25) is 0 Å². The minimum absolute atomic E-state index is 0.271. The van der Waals surface area contributed by atoms with Crippen LogP contribution in [0.1, 0.15) is 35.6 Å². The summed E-state index contributed by atoms with van der Waals surface area (Å²) in [4.78, 5) is 10.6. The average Bonchev–Trinajstić information content (AvgIpc) is 2.34. The molecular formula is C12H13ClF2O3. The van der Waals surface area contributed by atoms with Gasteiger partial charge in [-0.3, -0.25) is 0 Å². The molecule has 0 aliphatic rings. The number of halogens is 3. The van der Waals surface area contributed by atoms with Gasteiger partial charge in [0, 0.05) is 17.0 Å². The van der Waals surface area contributed by atoms with Crippen molar-refractivity contribution in [3.05, 3.63) is 34.9 Å². The Morgan fingerprint density at radius 2 is 2.00 bits per heavy atom. The maximum atomic E-state index is 12.8. The normalized spacial score (nSPS) is 12.7. The van der Waals surface area contributed by atoms with E-state index in [1.807, 2.05) is 0 Å². The van der Waals surface area contributed by atoms with Crippen LogP contribution < -0.4 is 0 Å². The topological polar surface area (TPSA) is 57.5 Å². The minimum atomic E-state index is -2.83. The zero-order valence-corrected chi connectivity index (χ0v) is 10.2. The van der Waals surface area contributed by atoms with Crippen LogP contribution in [0.5, 0.6) is 0 Å². The Kier molecular flexibility index (Phi) is 5.50. The number of aryl methyl sites for hydroxylation is 1. The maximum Gasteiger partial charge on any atom is 0.337 e. The molecule has 1 atom stereocenters. The van der Waals surface area contributed by atoms with Crippen molar-refractivity contribution in [3.63, 3.8) is 0 Å². The number of rotatable bonds is 6. The van der Waals surface area contributed by atoms with E-state index in [4.69, 9.17) is 16.7 Å². The van der Waals surface area contributed by atoms with Crippen molar-refractivity contribution in [3.8, 4) is 0 Å². The second kappa shape index (κ2) is 6.66. The highest BCUT2D eigenvalue weighted by atomic mass is 35.5. The van der Waals surface area contributed by atoms with E-state index < -0.39 is 24.1 Å². The summed E-state index contributed by atoms with van der Waals surface area (Å²) in [7, 11) is 0. The molecule has 0 aliphatic carbocycles. The van der Waals surface area contributed by atoms with E-state index in [1.54, 1.807) is 0 Å². The molecule has 6 heteroatoms. The molecule has 0 heterocycles. The first-order valence-electron chi connectivity index (χ1n) is 5.35. The van der Waals surface area contributed by atoms with Crippen molar-refractivity contribution in [2.45, 2.75) is 25.4 Å². The van der Waals surface area contributed by atoms with E-state index in [0.717, 1.165) is 0 Å². The van der Waals surface area contributed by atoms with Crippen LogP contribution in [-0.4, -0.2) is 22.1 Å². The highest BCUT2D eigenvalue weighted by molar-refractivity contribution is 6.17. The number of hydrogen-bond acceptors (Lipinski definition) is 2. The lowest BCUT2D eigenvalue weighted by atomic mass is 9.98. The number of carboxylic acids is 1. The van der Waals surface area contributed by atoms with E-state index in [0.29, 0.717) is 24.3 Å².